The predicted octanol–water partition coefficient (Wildman–Crippen LogP) is 5.68. The van der Waals surface area contributed by atoms with Crippen LogP contribution in [0.3, 0.4) is 0 Å². The minimum Gasteiger partial charge on any atom is -0.356 e. The van der Waals surface area contributed by atoms with Gasteiger partial charge in [0.25, 0.3) is 0 Å². The van der Waals surface area contributed by atoms with Crippen LogP contribution in [-0.4, -0.2) is 11.6 Å². The summed E-state index contributed by atoms with van der Waals surface area (Å²) in [4.78, 5) is 2.55. The first-order valence-electron chi connectivity index (χ1n) is 8.46. The number of benzene rings is 2. The predicted molar refractivity (Wildman–Crippen MR) is 101 cm³/mol. The highest BCUT2D eigenvalue weighted by Gasteiger charge is 2.38. The molecular formula is C22H27N. The fourth-order valence-corrected chi connectivity index (χ4v) is 4.03. The number of hydrogen-bond acceptors (Lipinski definition) is 1. The Bertz CT molecular complexity index is 747. The smallest absolute Gasteiger partial charge is 0.0541 e. The molecule has 1 unspecified atom stereocenters. The lowest BCUT2D eigenvalue weighted by atomic mass is 9.96. The van der Waals surface area contributed by atoms with Gasteiger partial charge in [-0.1, -0.05) is 53.6 Å². The van der Waals surface area contributed by atoms with E-state index in [1.807, 2.05) is 0 Å². The van der Waals surface area contributed by atoms with E-state index < -0.39 is 0 Å². The van der Waals surface area contributed by atoms with Crippen LogP contribution in [0.15, 0.2) is 48.5 Å². The number of hydrogen-bond donors (Lipinski definition) is 0. The van der Waals surface area contributed by atoms with Crippen LogP contribution in [0.2, 0.25) is 0 Å². The fraction of sp³-hybridized carbons (Fsp3) is 0.364. The zero-order valence-electron chi connectivity index (χ0n) is 15.1. The maximum Gasteiger partial charge on any atom is 0.0541 e. The van der Waals surface area contributed by atoms with Gasteiger partial charge in [-0.15, -0.1) is 0 Å². The summed E-state index contributed by atoms with van der Waals surface area (Å²) < 4.78 is 0. The molecule has 0 aliphatic carbocycles. The highest BCUT2D eigenvalue weighted by atomic mass is 15.2. The van der Waals surface area contributed by atoms with Crippen molar-refractivity contribution < 1.29 is 0 Å². The standard InChI is InChI=1S/C22H27N/c1-15-11-16(2)13-19(12-15)20-14-22(5,6)23(18(20)4)21-10-8-7-9-17(21)3/h7-14,18H,1-6H3. The third-order valence-corrected chi connectivity index (χ3v) is 4.90. The van der Waals surface area contributed by atoms with Gasteiger partial charge in [-0.2, -0.15) is 0 Å². The topological polar surface area (TPSA) is 3.24 Å². The van der Waals surface area contributed by atoms with Gasteiger partial charge >= 0.3 is 0 Å². The summed E-state index contributed by atoms with van der Waals surface area (Å²) in [5, 5.41) is 0. The zero-order valence-corrected chi connectivity index (χ0v) is 15.1. The summed E-state index contributed by atoms with van der Waals surface area (Å²) in [5.41, 5.74) is 8.14. The van der Waals surface area contributed by atoms with E-state index in [4.69, 9.17) is 0 Å². The second-order valence-corrected chi connectivity index (χ2v) is 7.46. The third kappa shape index (κ3) is 2.81. The Morgan fingerprint density at radius 1 is 0.913 bits per heavy atom. The molecule has 120 valence electrons. The van der Waals surface area contributed by atoms with E-state index in [0.29, 0.717) is 6.04 Å². The molecule has 1 heterocycles. The molecule has 0 aromatic heterocycles. The molecule has 1 nitrogen and oxygen atoms in total. The van der Waals surface area contributed by atoms with Gasteiger partial charge in [-0.3, -0.25) is 0 Å². The number of nitrogens with zero attached hydrogens (tertiary/aromatic N) is 1. The summed E-state index contributed by atoms with van der Waals surface area (Å²) in [6, 6.07) is 15.9. The first kappa shape index (κ1) is 15.9. The van der Waals surface area contributed by atoms with E-state index in [1.165, 1.54) is 33.5 Å². The molecule has 0 fully saturated rings. The summed E-state index contributed by atoms with van der Waals surface area (Å²) >= 11 is 0. The van der Waals surface area contributed by atoms with Crippen molar-refractivity contribution in [1.29, 1.82) is 0 Å². The third-order valence-electron chi connectivity index (χ3n) is 4.90. The molecule has 0 bridgehead atoms. The van der Waals surface area contributed by atoms with Gasteiger partial charge in [-0.25, -0.2) is 0 Å². The summed E-state index contributed by atoms with van der Waals surface area (Å²) in [5.74, 6) is 0. The summed E-state index contributed by atoms with van der Waals surface area (Å²) in [6.45, 7) is 13.5. The molecule has 0 N–H and O–H groups in total. The molecule has 0 radical (unpaired) electrons. The van der Waals surface area contributed by atoms with E-state index in [1.54, 1.807) is 0 Å². The molecule has 2 aromatic rings. The van der Waals surface area contributed by atoms with Gasteiger partial charge in [0.2, 0.25) is 0 Å². The minimum absolute atomic E-state index is 0.0124. The zero-order chi connectivity index (χ0) is 16.8. The molecule has 0 amide bonds. The Balaban J connectivity index is 2.07. The molecule has 3 rings (SSSR count). The van der Waals surface area contributed by atoms with Crippen molar-refractivity contribution in [2.24, 2.45) is 0 Å². The quantitative estimate of drug-likeness (QED) is 0.689. The Morgan fingerprint density at radius 3 is 2.13 bits per heavy atom. The Labute approximate surface area is 140 Å². The number of anilines is 1. The van der Waals surface area contributed by atoms with Crippen LogP contribution in [-0.2, 0) is 0 Å². The van der Waals surface area contributed by atoms with Crippen molar-refractivity contribution in [3.63, 3.8) is 0 Å². The summed E-state index contributed by atoms with van der Waals surface area (Å²) in [7, 11) is 0. The van der Waals surface area contributed by atoms with E-state index in [2.05, 4.69) is 95.0 Å². The number of aryl methyl sites for hydroxylation is 3. The largest absolute Gasteiger partial charge is 0.356 e. The second-order valence-electron chi connectivity index (χ2n) is 7.46. The maximum absolute atomic E-state index is 2.55. The average Bonchev–Trinajstić information content (AvgIpc) is 2.69. The molecular weight excluding hydrogens is 278 g/mol. The van der Waals surface area contributed by atoms with Crippen molar-refractivity contribution in [2.75, 3.05) is 4.90 Å². The number of para-hydroxylation sites is 1. The molecule has 1 heteroatoms. The molecule has 1 atom stereocenters. The molecule has 0 saturated heterocycles. The maximum atomic E-state index is 2.55. The van der Waals surface area contributed by atoms with Crippen molar-refractivity contribution in [3.05, 3.63) is 70.8 Å². The molecule has 23 heavy (non-hydrogen) atoms. The van der Waals surface area contributed by atoms with Crippen molar-refractivity contribution in [1.82, 2.24) is 0 Å². The first-order chi connectivity index (χ1) is 10.8. The lowest BCUT2D eigenvalue weighted by molar-refractivity contribution is 0.569. The highest BCUT2D eigenvalue weighted by molar-refractivity contribution is 5.80. The average molecular weight is 305 g/mol. The molecule has 2 aromatic carbocycles. The molecule has 0 saturated carbocycles. The van der Waals surface area contributed by atoms with Crippen LogP contribution in [0.25, 0.3) is 5.57 Å². The van der Waals surface area contributed by atoms with E-state index in [9.17, 15) is 0 Å². The summed E-state index contributed by atoms with van der Waals surface area (Å²) in [6.07, 6.45) is 2.44. The van der Waals surface area contributed by atoms with E-state index in [0.717, 1.165) is 0 Å². The SMILES string of the molecule is Cc1cc(C)cc(C2=CC(C)(C)N(c3ccccc3C)C2C)c1. The number of rotatable bonds is 2. The Hall–Kier alpha value is -2.02. The van der Waals surface area contributed by atoms with Crippen molar-refractivity contribution in [3.8, 4) is 0 Å². The van der Waals surface area contributed by atoms with Crippen LogP contribution < -0.4 is 4.90 Å². The van der Waals surface area contributed by atoms with Gasteiger partial charge in [0.05, 0.1) is 11.6 Å². The lowest BCUT2D eigenvalue weighted by Gasteiger charge is -2.38. The molecule has 1 aliphatic heterocycles. The van der Waals surface area contributed by atoms with Crippen LogP contribution in [0.5, 0.6) is 0 Å². The van der Waals surface area contributed by atoms with Gasteiger partial charge in [-0.05, 0) is 64.3 Å². The highest BCUT2D eigenvalue weighted by Crippen LogP contribution is 2.42. The molecule has 0 spiro atoms. The van der Waals surface area contributed by atoms with Gasteiger partial charge in [0.1, 0.15) is 0 Å². The van der Waals surface area contributed by atoms with E-state index >= 15 is 0 Å². The fourth-order valence-electron chi connectivity index (χ4n) is 4.03. The van der Waals surface area contributed by atoms with Gasteiger partial charge < -0.3 is 4.90 Å². The van der Waals surface area contributed by atoms with Crippen LogP contribution in [0.1, 0.15) is 43.0 Å². The normalized spacial score (nSPS) is 19.8. The van der Waals surface area contributed by atoms with Gasteiger partial charge in [0, 0.05) is 5.69 Å². The molecule has 1 aliphatic rings. The minimum atomic E-state index is 0.0124. The van der Waals surface area contributed by atoms with Crippen LogP contribution in [0.4, 0.5) is 5.69 Å². The van der Waals surface area contributed by atoms with E-state index in [-0.39, 0.29) is 5.54 Å². The first-order valence-corrected chi connectivity index (χ1v) is 8.46. The lowest BCUT2D eigenvalue weighted by Crippen LogP contribution is -2.43. The Morgan fingerprint density at radius 2 is 1.52 bits per heavy atom. The van der Waals surface area contributed by atoms with Crippen LogP contribution in [0, 0.1) is 20.8 Å². The Kier molecular flexibility index (Phi) is 3.83. The second kappa shape index (κ2) is 5.56. The van der Waals surface area contributed by atoms with Crippen molar-refractivity contribution >= 4 is 11.3 Å². The van der Waals surface area contributed by atoms with Gasteiger partial charge in [0.15, 0.2) is 0 Å². The monoisotopic (exact) mass is 305 g/mol. The van der Waals surface area contributed by atoms with Crippen LogP contribution >= 0.6 is 0 Å². The van der Waals surface area contributed by atoms with Crippen molar-refractivity contribution in [2.45, 2.75) is 53.1 Å².